The number of aromatic amines is 1. The van der Waals surface area contributed by atoms with Crippen molar-refractivity contribution in [2.75, 3.05) is 18.0 Å². The smallest absolute Gasteiger partial charge is 0.252 e. The zero-order valence-corrected chi connectivity index (χ0v) is 10.1. The van der Waals surface area contributed by atoms with Crippen LogP contribution in [0.25, 0.3) is 0 Å². The predicted molar refractivity (Wildman–Crippen MR) is 66.3 cm³/mol. The third-order valence-corrected chi connectivity index (χ3v) is 3.81. The van der Waals surface area contributed by atoms with E-state index < -0.39 is 0 Å². The summed E-state index contributed by atoms with van der Waals surface area (Å²) in [5.41, 5.74) is -0.126. The molecule has 2 unspecified atom stereocenters. The summed E-state index contributed by atoms with van der Waals surface area (Å²) in [4.78, 5) is 31.5. The van der Waals surface area contributed by atoms with Gasteiger partial charge < -0.3 is 15.2 Å². The number of piperidine rings is 2. The fourth-order valence-electron chi connectivity index (χ4n) is 2.85. The number of aromatic nitrogens is 2. The van der Waals surface area contributed by atoms with Gasteiger partial charge in [0, 0.05) is 31.6 Å². The first-order chi connectivity index (χ1) is 8.72. The summed E-state index contributed by atoms with van der Waals surface area (Å²) >= 11 is 0. The van der Waals surface area contributed by atoms with E-state index in [0.29, 0.717) is 18.4 Å². The molecule has 2 saturated heterocycles. The first-order valence-corrected chi connectivity index (χ1v) is 6.31. The Kier molecular flexibility index (Phi) is 2.77. The molecule has 1 aromatic heterocycles. The van der Waals surface area contributed by atoms with Crippen LogP contribution in [0.5, 0.6) is 0 Å². The number of carbonyl (C=O) groups excluding carboxylic acids is 1. The van der Waals surface area contributed by atoms with Gasteiger partial charge in [-0.1, -0.05) is 0 Å². The molecular weight excluding hydrogens is 232 g/mol. The topological polar surface area (TPSA) is 78.1 Å². The maximum absolute atomic E-state index is 11.3. The van der Waals surface area contributed by atoms with E-state index in [1.165, 1.54) is 12.4 Å². The van der Waals surface area contributed by atoms with Gasteiger partial charge in [0.15, 0.2) is 0 Å². The summed E-state index contributed by atoms with van der Waals surface area (Å²) in [6.07, 6.45) is 3.89. The highest BCUT2D eigenvalue weighted by Crippen LogP contribution is 2.27. The van der Waals surface area contributed by atoms with E-state index in [-0.39, 0.29) is 11.5 Å². The number of carbonyl (C=O) groups is 1. The second-order valence-electron chi connectivity index (χ2n) is 4.98. The normalized spacial score (nSPS) is 27.6. The molecule has 2 atom stereocenters. The number of nitrogens with zero attached hydrogens (tertiary/aromatic N) is 2. The van der Waals surface area contributed by atoms with Crippen molar-refractivity contribution in [3.8, 4) is 0 Å². The quantitative estimate of drug-likeness (QED) is 0.726. The van der Waals surface area contributed by atoms with Gasteiger partial charge in [-0.2, -0.15) is 0 Å². The molecule has 6 heteroatoms. The number of fused-ring (bicyclic) bond motifs is 1. The standard InChI is InChI=1S/C12H16N4O2/c17-11-2-1-8-6-16(4-3-9(8)15-11)10-5-12(18)14-7-13-10/h5,7-9H,1-4,6H2,(H,15,17)(H,13,14,18). The lowest BCUT2D eigenvalue weighted by Crippen LogP contribution is -2.54. The van der Waals surface area contributed by atoms with E-state index in [1.54, 1.807) is 0 Å². The summed E-state index contributed by atoms with van der Waals surface area (Å²) in [6.45, 7) is 1.69. The fourth-order valence-corrected chi connectivity index (χ4v) is 2.85. The van der Waals surface area contributed by atoms with Crippen LogP contribution in [0.2, 0.25) is 0 Å². The lowest BCUT2D eigenvalue weighted by atomic mass is 9.85. The van der Waals surface area contributed by atoms with Crippen LogP contribution in [-0.2, 0) is 4.79 Å². The Morgan fingerprint density at radius 3 is 3.06 bits per heavy atom. The van der Waals surface area contributed by atoms with Crippen molar-refractivity contribution in [2.24, 2.45) is 5.92 Å². The molecule has 0 aromatic carbocycles. The Bertz CT molecular complexity index is 513. The van der Waals surface area contributed by atoms with Gasteiger partial charge in [0.1, 0.15) is 5.82 Å². The summed E-state index contributed by atoms with van der Waals surface area (Å²) in [7, 11) is 0. The summed E-state index contributed by atoms with van der Waals surface area (Å²) in [6, 6.07) is 1.83. The Hall–Kier alpha value is -1.85. The predicted octanol–water partition coefficient (Wildman–Crippen LogP) is -0.125. The largest absolute Gasteiger partial charge is 0.356 e. The lowest BCUT2D eigenvalue weighted by Gasteiger charge is -2.41. The van der Waals surface area contributed by atoms with Crippen molar-refractivity contribution >= 4 is 11.7 Å². The third-order valence-electron chi connectivity index (χ3n) is 3.81. The highest BCUT2D eigenvalue weighted by Gasteiger charge is 2.34. The van der Waals surface area contributed by atoms with Crippen molar-refractivity contribution < 1.29 is 4.79 Å². The van der Waals surface area contributed by atoms with Crippen molar-refractivity contribution in [2.45, 2.75) is 25.3 Å². The molecule has 3 heterocycles. The molecule has 0 saturated carbocycles. The molecule has 2 aliphatic rings. The van der Waals surface area contributed by atoms with Crippen LogP contribution in [0.3, 0.4) is 0 Å². The van der Waals surface area contributed by atoms with Crippen molar-refractivity contribution in [3.63, 3.8) is 0 Å². The fraction of sp³-hybridized carbons (Fsp3) is 0.583. The second-order valence-corrected chi connectivity index (χ2v) is 4.98. The van der Waals surface area contributed by atoms with E-state index >= 15 is 0 Å². The summed E-state index contributed by atoms with van der Waals surface area (Å²) in [5, 5.41) is 3.05. The van der Waals surface area contributed by atoms with Gasteiger partial charge in [-0.05, 0) is 18.8 Å². The van der Waals surface area contributed by atoms with Crippen molar-refractivity contribution in [1.29, 1.82) is 0 Å². The van der Waals surface area contributed by atoms with Gasteiger partial charge >= 0.3 is 0 Å². The van der Waals surface area contributed by atoms with E-state index in [9.17, 15) is 9.59 Å². The van der Waals surface area contributed by atoms with Crippen LogP contribution >= 0.6 is 0 Å². The zero-order chi connectivity index (χ0) is 12.5. The Balaban J connectivity index is 1.74. The number of rotatable bonds is 1. The number of nitrogens with one attached hydrogen (secondary N) is 2. The number of amides is 1. The van der Waals surface area contributed by atoms with Gasteiger partial charge in [-0.25, -0.2) is 4.98 Å². The molecule has 0 spiro atoms. The van der Waals surface area contributed by atoms with Crippen LogP contribution < -0.4 is 15.8 Å². The molecule has 2 fully saturated rings. The van der Waals surface area contributed by atoms with Gasteiger partial charge in [0.05, 0.1) is 6.33 Å². The molecular formula is C12H16N4O2. The van der Waals surface area contributed by atoms with E-state index in [2.05, 4.69) is 20.2 Å². The summed E-state index contributed by atoms with van der Waals surface area (Å²) in [5.74, 6) is 1.37. The summed E-state index contributed by atoms with van der Waals surface area (Å²) < 4.78 is 0. The Labute approximate surface area is 104 Å². The highest BCUT2D eigenvalue weighted by molar-refractivity contribution is 5.77. The molecule has 96 valence electrons. The third kappa shape index (κ3) is 2.10. The van der Waals surface area contributed by atoms with Crippen molar-refractivity contribution in [3.05, 3.63) is 22.7 Å². The van der Waals surface area contributed by atoms with Gasteiger partial charge in [-0.15, -0.1) is 0 Å². The van der Waals surface area contributed by atoms with Crippen molar-refractivity contribution in [1.82, 2.24) is 15.3 Å². The minimum Gasteiger partial charge on any atom is -0.356 e. The first kappa shape index (κ1) is 11.3. The number of hydrogen-bond acceptors (Lipinski definition) is 4. The molecule has 2 N–H and O–H groups in total. The van der Waals surface area contributed by atoms with Gasteiger partial charge in [0.2, 0.25) is 5.91 Å². The molecule has 3 rings (SSSR count). The molecule has 1 aromatic rings. The minimum atomic E-state index is -0.126. The monoisotopic (exact) mass is 248 g/mol. The van der Waals surface area contributed by atoms with Crippen LogP contribution in [-0.4, -0.2) is 35.0 Å². The molecule has 18 heavy (non-hydrogen) atoms. The van der Waals surface area contributed by atoms with Crippen LogP contribution in [0.1, 0.15) is 19.3 Å². The number of hydrogen-bond donors (Lipinski definition) is 2. The van der Waals surface area contributed by atoms with E-state index in [0.717, 1.165) is 31.7 Å². The van der Waals surface area contributed by atoms with Crippen LogP contribution in [0, 0.1) is 5.92 Å². The molecule has 1 amide bonds. The Morgan fingerprint density at radius 1 is 1.33 bits per heavy atom. The average molecular weight is 248 g/mol. The molecule has 0 bridgehead atoms. The number of anilines is 1. The van der Waals surface area contributed by atoms with Crippen LogP contribution in [0.15, 0.2) is 17.2 Å². The van der Waals surface area contributed by atoms with Gasteiger partial charge in [-0.3, -0.25) is 9.59 Å². The highest BCUT2D eigenvalue weighted by atomic mass is 16.1. The first-order valence-electron chi connectivity index (χ1n) is 6.31. The molecule has 2 aliphatic heterocycles. The maximum Gasteiger partial charge on any atom is 0.252 e. The SMILES string of the molecule is O=C1CCC2CN(c3cc(=O)[nH]cn3)CCC2N1. The minimum absolute atomic E-state index is 0.126. The maximum atomic E-state index is 11.3. The second kappa shape index (κ2) is 4.44. The Morgan fingerprint density at radius 2 is 2.22 bits per heavy atom. The lowest BCUT2D eigenvalue weighted by molar-refractivity contribution is -0.124. The van der Waals surface area contributed by atoms with Gasteiger partial charge in [0.25, 0.3) is 5.56 Å². The van der Waals surface area contributed by atoms with E-state index in [4.69, 9.17) is 0 Å². The van der Waals surface area contributed by atoms with E-state index in [1.807, 2.05) is 0 Å². The van der Waals surface area contributed by atoms with Crippen LogP contribution in [0.4, 0.5) is 5.82 Å². The molecule has 0 aliphatic carbocycles. The number of H-pyrrole nitrogens is 1. The average Bonchev–Trinajstić information content (AvgIpc) is 2.38. The zero-order valence-electron chi connectivity index (χ0n) is 10.1. The molecule has 0 radical (unpaired) electrons. The molecule has 6 nitrogen and oxygen atoms in total.